The van der Waals surface area contributed by atoms with Crippen molar-refractivity contribution in [3.8, 4) is 0 Å². The van der Waals surface area contributed by atoms with Crippen molar-refractivity contribution in [1.82, 2.24) is 5.32 Å². The molecule has 0 unspecified atom stereocenters. The third kappa shape index (κ3) is 13.2. The predicted molar refractivity (Wildman–Crippen MR) is 92.6 cm³/mol. The Hall–Kier alpha value is -1.51. The zero-order chi connectivity index (χ0) is 16.1. The van der Waals surface area contributed by atoms with E-state index in [4.69, 9.17) is 4.74 Å². The summed E-state index contributed by atoms with van der Waals surface area (Å²) in [5, 5.41) is 2.60. The average Bonchev–Trinajstić information content (AvgIpc) is 2.38. The highest BCUT2D eigenvalue weighted by Crippen LogP contribution is 2.11. The van der Waals surface area contributed by atoms with Crippen LogP contribution in [-0.2, 0) is 4.74 Å². The highest BCUT2D eigenvalue weighted by atomic mass is 16.5. The summed E-state index contributed by atoms with van der Waals surface area (Å²) in [5.41, 5.74) is 4.08. The lowest BCUT2D eigenvalue weighted by atomic mass is 10.1. The minimum absolute atomic E-state index is 0. The summed E-state index contributed by atoms with van der Waals surface area (Å²) in [5.74, 6) is 0. The van der Waals surface area contributed by atoms with Gasteiger partial charge in [0.1, 0.15) is 6.61 Å². The molecule has 0 aromatic heterocycles. The number of amides is 1. The molecule has 1 amide bonds. The number of rotatable bonds is 9. The first-order valence-corrected chi connectivity index (χ1v) is 7.81. The van der Waals surface area contributed by atoms with Gasteiger partial charge in [0.05, 0.1) is 0 Å². The van der Waals surface area contributed by atoms with Crippen molar-refractivity contribution in [3.05, 3.63) is 34.9 Å². The van der Waals surface area contributed by atoms with Gasteiger partial charge in [0.2, 0.25) is 0 Å². The van der Waals surface area contributed by atoms with Crippen LogP contribution in [0.2, 0.25) is 0 Å². The topological polar surface area (TPSA) is 38.3 Å². The minimum atomic E-state index is -0.350. The fourth-order valence-electron chi connectivity index (χ4n) is 1.79. The Bertz CT molecular complexity index is 394. The number of ether oxygens (including phenoxy) is 1. The van der Waals surface area contributed by atoms with Crippen LogP contribution in [0.3, 0.4) is 0 Å². The molecule has 0 atom stereocenters. The zero-order valence-electron chi connectivity index (χ0n) is 14.3. The zero-order valence-corrected chi connectivity index (χ0v) is 14.3. The molecule has 0 heterocycles. The quantitative estimate of drug-likeness (QED) is 0.578. The molecule has 0 aliphatic carbocycles. The van der Waals surface area contributed by atoms with Gasteiger partial charge in [0, 0.05) is 7.97 Å². The molecular weight excluding hydrogens is 262 g/mol. The second-order valence-electron chi connectivity index (χ2n) is 5.59. The lowest BCUT2D eigenvalue weighted by Gasteiger charge is -2.04. The van der Waals surface area contributed by atoms with E-state index in [1.165, 1.54) is 16.7 Å². The second-order valence-corrected chi connectivity index (χ2v) is 5.59. The van der Waals surface area contributed by atoms with Crippen molar-refractivity contribution < 1.29 is 11.0 Å². The van der Waals surface area contributed by atoms with Gasteiger partial charge in [-0.3, -0.25) is 0 Å². The summed E-state index contributed by atoms with van der Waals surface area (Å²) in [6.07, 6.45) is 10.5. The van der Waals surface area contributed by atoms with E-state index in [2.05, 4.69) is 45.2 Å². The van der Waals surface area contributed by atoms with Crippen LogP contribution in [0.5, 0.6) is 0 Å². The summed E-state index contributed by atoms with van der Waals surface area (Å²) >= 11 is 0. The average molecular weight is 295 g/mol. The molecule has 0 aromatic carbocycles. The number of hydrogen-bond donors (Lipinski definition) is 1. The lowest BCUT2D eigenvalue weighted by Crippen LogP contribution is -2.23. The van der Waals surface area contributed by atoms with Crippen molar-refractivity contribution in [2.45, 2.75) is 60.3 Å². The molecule has 0 aliphatic rings. The van der Waals surface area contributed by atoms with E-state index in [-0.39, 0.29) is 7.52 Å². The van der Waals surface area contributed by atoms with Crippen molar-refractivity contribution in [2.75, 3.05) is 13.2 Å². The number of allylic oxidation sites excluding steroid dienone is 5. The summed E-state index contributed by atoms with van der Waals surface area (Å²) in [6, 6.07) is 0. The maximum Gasteiger partial charge on any atom is 0.407 e. The van der Waals surface area contributed by atoms with Crippen molar-refractivity contribution >= 4 is 6.09 Å². The Labute approximate surface area is 131 Å². The SMILES string of the molecule is CCNC(=O)OC/C=C(\C)CC/C=C(\C)CCC=C(C)C.[HH]. The first-order valence-electron chi connectivity index (χ1n) is 7.81. The molecule has 0 aliphatic heterocycles. The van der Waals surface area contributed by atoms with Gasteiger partial charge in [-0.25, -0.2) is 4.79 Å². The highest BCUT2D eigenvalue weighted by Gasteiger charge is 1.97. The van der Waals surface area contributed by atoms with Crippen molar-refractivity contribution in [2.24, 2.45) is 0 Å². The molecule has 3 heteroatoms. The van der Waals surface area contributed by atoms with Gasteiger partial charge in [0.25, 0.3) is 0 Å². The smallest absolute Gasteiger partial charge is 0.407 e. The lowest BCUT2D eigenvalue weighted by molar-refractivity contribution is 0.158. The van der Waals surface area contributed by atoms with Crippen LogP contribution in [0.15, 0.2) is 34.9 Å². The normalized spacial score (nSPS) is 12.0. The summed E-state index contributed by atoms with van der Waals surface area (Å²) in [6.45, 7) is 11.4. The van der Waals surface area contributed by atoms with Crippen LogP contribution in [0.4, 0.5) is 4.79 Å². The Morgan fingerprint density at radius 1 is 1.00 bits per heavy atom. The summed E-state index contributed by atoms with van der Waals surface area (Å²) in [4.78, 5) is 11.1. The highest BCUT2D eigenvalue weighted by molar-refractivity contribution is 5.67. The van der Waals surface area contributed by atoms with E-state index < -0.39 is 0 Å². The van der Waals surface area contributed by atoms with Gasteiger partial charge in [-0.1, -0.05) is 28.9 Å². The van der Waals surface area contributed by atoms with Crippen molar-refractivity contribution in [3.63, 3.8) is 0 Å². The number of carbonyl (C=O) groups excluding carboxylic acids is 1. The number of nitrogens with one attached hydrogen (secondary N) is 1. The predicted octanol–water partition coefficient (Wildman–Crippen LogP) is 5.40. The number of hydrogen-bond acceptors (Lipinski definition) is 2. The number of alkyl carbamates (subject to hydrolysis) is 1. The molecule has 0 saturated carbocycles. The molecule has 0 fully saturated rings. The fraction of sp³-hybridized carbons (Fsp3) is 0.611. The molecule has 0 rings (SSSR count). The third-order valence-corrected chi connectivity index (χ3v) is 3.09. The molecule has 0 bridgehead atoms. The molecule has 0 aromatic rings. The summed E-state index contributed by atoms with van der Waals surface area (Å²) in [7, 11) is 0. The van der Waals surface area contributed by atoms with Crippen LogP contribution >= 0.6 is 0 Å². The van der Waals surface area contributed by atoms with Crippen LogP contribution in [-0.4, -0.2) is 19.2 Å². The molecule has 0 saturated heterocycles. The van der Waals surface area contributed by atoms with E-state index in [0.29, 0.717) is 13.2 Å². The van der Waals surface area contributed by atoms with Crippen LogP contribution in [0, 0.1) is 0 Å². The molecular formula is C18H33NO2. The van der Waals surface area contributed by atoms with Gasteiger partial charge in [-0.2, -0.15) is 0 Å². The van der Waals surface area contributed by atoms with Gasteiger partial charge < -0.3 is 10.1 Å². The first-order chi connectivity index (χ1) is 9.95. The maximum absolute atomic E-state index is 11.1. The first kappa shape index (κ1) is 19.5. The van der Waals surface area contributed by atoms with Crippen LogP contribution in [0.1, 0.15) is 61.7 Å². The van der Waals surface area contributed by atoms with E-state index in [1.807, 2.05) is 13.0 Å². The number of carbonyl (C=O) groups is 1. The fourth-order valence-corrected chi connectivity index (χ4v) is 1.79. The Morgan fingerprint density at radius 3 is 2.14 bits per heavy atom. The Balaban J connectivity index is 0. The van der Waals surface area contributed by atoms with E-state index >= 15 is 0 Å². The monoisotopic (exact) mass is 295 g/mol. The van der Waals surface area contributed by atoms with E-state index in [0.717, 1.165) is 25.7 Å². The van der Waals surface area contributed by atoms with Gasteiger partial charge >= 0.3 is 6.09 Å². The molecule has 0 spiro atoms. The Morgan fingerprint density at radius 2 is 1.57 bits per heavy atom. The molecule has 122 valence electrons. The van der Waals surface area contributed by atoms with Crippen molar-refractivity contribution in [1.29, 1.82) is 0 Å². The van der Waals surface area contributed by atoms with E-state index in [1.54, 1.807) is 0 Å². The summed E-state index contributed by atoms with van der Waals surface area (Å²) < 4.78 is 5.01. The maximum atomic E-state index is 11.1. The minimum Gasteiger partial charge on any atom is -0.445 e. The van der Waals surface area contributed by atoms with Crippen LogP contribution < -0.4 is 5.32 Å². The van der Waals surface area contributed by atoms with Gasteiger partial charge in [-0.15, -0.1) is 0 Å². The molecule has 3 nitrogen and oxygen atoms in total. The van der Waals surface area contributed by atoms with Gasteiger partial charge in [0.15, 0.2) is 0 Å². The van der Waals surface area contributed by atoms with Crippen LogP contribution in [0.25, 0.3) is 0 Å². The largest absolute Gasteiger partial charge is 0.445 e. The standard InChI is InChI=1S/C18H31NO2.H2/c1-6-19-18(20)21-14-13-17(5)12-8-11-16(4)10-7-9-15(2)3;/h9,11,13H,6-8,10,12,14H2,1-5H3,(H,19,20);1H/b16-11+,17-13+;. The van der Waals surface area contributed by atoms with E-state index in [9.17, 15) is 4.79 Å². The van der Waals surface area contributed by atoms with Gasteiger partial charge in [-0.05, 0) is 66.4 Å². The molecule has 21 heavy (non-hydrogen) atoms. The molecule has 1 N–H and O–H groups in total. The second kappa shape index (κ2) is 12.2. The Kier molecular flexibility index (Phi) is 11.4. The molecule has 0 radical (unpaired) electrons. The third-order valence-electron chi connectivity index (χ3n) is 3.09.